The summed E-state index contributed by atoms with van der Waals surface area (Å²) in [4.78, 5) is 12.5. The number of aryl methyl sites for hydroxylation is 1. The molecule has 9 heteroatoms. The Balaban J connectivity index is 1.45. The molecule has 1 aliphatic heterocycles. The highest BCUT2D eigenvalue weighted by atomic mass is 32.2. The number of ether oxygens (including phenoxy) is 3. The van der Waals surface area contributed by atoms with Crippen LogP contribution in [0.25, 0.3) is 6.08 Å². The van der Waals surface area contributed by atoms with Crippen LogP contribution in [0, 0.1) is 6.92 Å². The van der Waals surface area contributed by atoms with Gasteiger partial charge < -0.3 is 14.2 Å². The summed E-state index contributed by atoms with van der Waals surface area (Å²) in [5, 5.41) is 2.74. The van der Waals surface area contributed by atoms with Crippen molar-refractivity contribution in [1.82, 2.24) is 0 Å². The van der Waals surface area contributed by atoms with Crippen LogP contribution in [-0.4, -0.2) is 33.8 Å². The van der Waals surface area contributed by atoms with Gasteiger partial charge in [-0.05, 0) is 43.7 Å². The van der Waals surface area contributed by atoms with Crippen molar-refractivity contribution in [2.75, 3.05) is 18.5 Å². The Bertz CT molecular complexity index is 1340. The lowest BCUT2D eigenvalue weighted by Crippen LogP contribution is -2.34. The average molecular weight is 510 g/mol. The van der Waals surface area contributed by atoms with Crippen LogP contribution in [-0.2, 0) is 25.6 Å². The van der Waals surface area contributed by atoms with Crippen molar-refractivity contribution >= 4 is 28.0 Å². The molecule has 0 saturated carbocycles. The third-order valence-corrected chi connectivity index (χ3v) is 6.67. The Morgan fingerprint density at radius 2 is 1.83 bits per heavy atom. The minimum Gasteiger partial charge on any atom is -0.486 e. The molecule has 8 nitrogen and oxygen atoms in total. The maximum Gasteiger partial charge on any atom is 0.411 e. The summed E-state index contributed by atoms with van der Waals surface area (Å²) >= 11 is 0. The van der Waals surface area contributed by atoms with E-state index in [1.807, 2.05) is 44.2 Å². The molecule has 1 atom stereocenters. The number of hydrogen-bond donors (Lipinski definition) is 1. The molecule has 0 fully saturated rings. The molecule has 0 radical (unpaired) electrons. The van der Waals surface area contributed by atoms with Crippen LogP contribution in [0.15, 0.2) is 77.7 Å². The number of anilines is 1. The summed E-state index contributed by atoms with van der Waals surface area (Å²) in [6, 6.07) is 19.1. The fourth-order valence-corrected chi connectivity index (χ4v) is 4.47. The zero-order valence-electron chi connectivity index (χ0n) is 20.0. The molecule has 188 valence electrons. The molecule has 0 aromatic heterocycles. The summed E-state index contributed by atoms with van der Waals surface area (Å²) in [5.74, 6) is 0.852. The van der Waals surface area contributed by atoms with Gasteiger partial charge in [0.25, 0.3) is 10.1 Å². The first-order valence-corrected chi connectivity index (χ1v) is 12.8. The second-order valence-corrected chi connectivity index (χ2v) is 9.76. The summed E-state index contributed by atoms with van der Waals surface area (Å²) in [7, 11) is -3.95. The number of benzene rings is 3. The van der Waals surface area contributed by atoms with E-state index < -0.39 is 22.3 Å². The van der Waals surface area contributed by atoms with Gasteiger partial charge in [-0.2, -0.15) is 8.42 Å². The van der Waals surface area contributed by atoms with Crippen molar-refractivity contribution < 1.29 is 31.6 Å². The van der Waals surface area contributed by atoms with E-state index in [0.717, 1.165) is 11.1 Å². The van der Waals surface area contributed by atoms with E-state index in [9.17, 15) is 13.2 Å². The Labute approximate surface area is 210 Å². The molecular formula is C27H27NO7S. The minimum atomic E-state index is -3.95. The summed E-state index contributed by atoms with van der Waals surface area (Å²) in [6.45, 7) is 3.70. The SMILES string of the molecule is C/C=C\c1c(NC(=O)OCc2ccccc2)ccc2c1O[C@@H](COS(=O)(=O)c1ccc(C)cc1)CO2. The highest BCUT2D eigenvalue weighted by Crippen LogP contribution is 2.40. The van der Waals surface area contributed by atoms with Crippen LogP contribution in [0.3, 0.4) is 0 Å². The number of amides is 1. The Hall–Kier alpha value is -3.82. The first-order chi connectivity index (χ1) is 17.4. The van der Waals surface area contributed by atoms with Gasteiger partial charge in [-0.3, -0.25) is 9.50 Å². The van der Waals surface area contributed by atoms with Crippen molar-refractivity contribution in [3.05, 3.63) is 89.5 Å². The smallest absolute Gasteiger partial charge is 0.411 e. The summed E-state index contributed by atoms with van der Waals surface area (Å²) in [5.41, 5.74) is 2.84. The van der Waals surface area contributed by atoms with Crippen molar-refractivity contribution in [2.24, 2.45) is 0 Å². The Morgan fingerprint density at radius 3 is 2.56 bits per heavy atom. The van der Waals surface area contributed by atoms with Gasteiger partial charge in [-0.25, -0.2) is 4.79 Å². The molecular weight excluding hydrogens is 482 g/mol. The number of fused-ring (bicyclic) bond motifs is 1. The predicted molar refractivity (Wildman–Crippen MR) is 136 cm³/mol. The van der Waals surface area contributed by atoms with E-state index in [2.05, 4.69) is 5.32 Å². The lowest BCUT2D eigenvalue weighted by atomic mass is 10.1. The fourth-order valence-electron chi connectivity index (χ4n) is 3.53. The maximum absolute atomic E-state index is 12.5. The van der Waals surface area contributed by atoms with Crippen LogP contribution >= 0.6 is 0 Å². The molecule has 1 aliphatic rings. The standard InChI is InChI=1S/C27H27NO7S/c1-3-7-23-24(28-27(29)33-16-20-8-5-4-6-9-20)14-15-25-26(23)35-21(17-32-25)18-34-36(30,31)22-12-10-19(2)11-13-22/h3-15,21H,16-18H2,1-2H3,(H,28,29)/b7-3-/t21-/m1/s1. The van der Waals surface area contributed by atoms with Gasteiger partial charge in [0.1, 0.15) is 19.8 Å². The molecule has 3 aromatic rings. The molecule has 3 aromatic carbocycles. The molecule has 1 heterocycles. The second-order valence-electron chi connectivity index (χ2n) is 8.14. The van der Waals surface area contributed by atoms with Gasteiger partial charge >= 0.3 is 6.09 Å². The lowest BCUT2D eigenvalue weighted by molar-refractivity contribution is 0.0553. The summed E-state index contributed by atoms with van der Waals surface area (Å²) < 4.78 is 47.5. The number of nitrogens with one attached hydrogen (secondary N) is 1. The first-order valence-electron chi connectivity index (χ1n) is 11.4. The largest absolute Gasteiger partial charge is 0.486 e. The second kappa shape index (κ2) is 11.3. The van der Waals surface area contributed by atoms with Gasteiger partial charge in [0.2, 0.25) is 0 Å². The molecule has 0 saturated heterocycles. The van der Waals surface area contributed by atoms with Crippen LogP contribution < -0.4 is 14.8 Å². The molecule has 1 N–H and O–H groups in total. The Morgan fingerprint density at radius 1 is 1.08 bits per heavy atom. The zero-order valence-corrected chi connectivity index (χ0v) is 20.8. The van der Waals surface area contributed by atoms with Crippen LogP contribution in [0.4, 0.5) is 10.5 Å². The van der Waals surface area contributed by atoms with E-state index in [1.54, 1.807) is 36.4 Å². The van der Waals surface area contributed by atoms with Crippen molar-refractivity contribution in [1.29, 1.82) is 0 Å². The highest BCUT2D eigenvalue weighted by Gasteiger charge is 2.27. The first kappa shape index (κ1) is 25.3. The van der Waals surface area contributed by atoms with Gasteiger partial charge in [0.15, 0.2) is 17.6 Å². The highest BCUT2D eigenvalue weighted by molar-refractivity contribution is 7.86. The molecule has 0 bridgehead atoms. The topological polar surface area (TPSA) is 100 Å². The van der Waals surface area contributed by atoms with E-state index in [1.165, 1.54) is 12.1 Å². The van der Waals surface area contributed by atoms with Crippen LogP contribution in [0.5, 0.6) is 11.5 Å². The third-order valence-electron chi connectivity index (χ3n) is 5.37. The maximum atomic E-state index is 12.5. The zero-order chi connectivity index (χ0) is 25.5. The number of hydrogen-bond acceptors (Lipinski definition) is 7. The number of allylic oxidation sites excluding steroid dienone is 1. The van der Waals surface area contributed by atoms with E-state index in [0.29, 0.717) is 22.7 Å². The van der Waals surface area contributed by atoms with Crippen LogP contribution in [0.1, 0.15) is 23.6 Å². The molecule has 0 spiro atoms. The molecule has 0 aliphatic carbocycles. The monoisotopic (exact) mass is 509 g/mol. The number of rotatable bonds is 8. The molecule has 1 amide bonds. The van der Waals surface area contributed by atoms with Gasteiger partial charge in [0.05, 0.1) is 10.6 Å². The number of carbonyl (C=O) groups excluding carboxylic acids is 1. The molecule has 36 heavy (non-hydrogen) atoms. The van der Waals surface area contributed by atoms with E-state index in [-0.39, 0.29) is 24.7 Å². The van der Waals surface area contributed by atoms with Gasteiger partial charge in [-0.15, -0.1) is 0 Å². The number of carbonyl (C=O) groups is 1. The Kier molecular flexibility index (Phi) is 7.92. The lowest BCUT2D eigenvalue weighted by Gasteiger charge is -2.28. The van der Waals surface area contributed by atoms with Crippen LogP contribution in [0.2, 0.25) is 0 Å². The van der Waals surface area contributed by atoms with Gasteiger partial charge in [-0.1, -0.05) is 60.2 Å². The molecule has 0 unspecified atom stereocenters. The average Bonchev–Trinajstić information content (AvgIpc) is 2.88. The molecule has 4 rings (SSSR count). The van der Waals surface area contributed by atoms with Gasteiger partial charge in [0, 0.05) is 5.56 Å². The fraction of sp³-hybridized carbons (Fsp3) is 0.222. The predicted octanol–water partition coefficient (Wildman–Crippen LogP) is 5.32. The normalized spacial score (nSPS) is 15.0. The van der Waals surface area contributed by atoms with Crippen molar-refractivity contribution in [3.8, 4) is 11.5 Å². The van der Waals surface area contributed by atoms with E-state index in [4.69, 9.17) is 18.4 Å². The minimum absolute atomic E-state index is 0.0698. The summed E-state index contributed by atoms with van der Waals surface area (Å²) in [6.07, 6.45) is 2.26. The quantitative estimate of drug-likeness (QED) is 0.410. The van der Waals surface area contributed by atoms with Crippen molar-refractivity contribution in [3.63, 3.8) is 0 Å². The van der Waals surface area contributed by atoms with Crippen molar-refractivity contribution in [2.45, 2.75) is 31.5 Å². The van der Waals surface area contributed by atoms with E-state index >= 15 is 0 Å². The third kappa shape index (κ3) is 6.24.